The van der Waals surface area contributed by atoms with E-state index in [1.807, 2.05) is 18.8 Å². The highest BCUT2D eigenvalue weighted by Gasteiger charge is 2.34. The van der Waals surface area contributed by atoms with Gasteiger partial charge in [0.2, 0.25) is 5.91 Å². The van der Waals surface area contributed by atoms with Crippen LogP contribution in [-0.4, -0.2) is 54.2 Å². The van der Waals surface area contributed by atoms with Crippen LogP contribution in [0.15, 0.2) is 0 Å². The zero-order chi connectivity index (χ0) is 10.8. The number of nitrogens with one attached hydrogen (secondary N) is 1. The summed E-state index contributed by atoms with van der Waals surface area (Å²) in [5.41, 5.74) is 0. The minimum atomic E-state index is -0.856. The maximum atomic E-state index is 12.9. The number of carbonyl (C=O) groups is 1. The molecule has 2 fully saturated rings. The van der Waals surface area contributed by atoms with Gasteiger partial charge in [-0.25, -0.2) is 4.39 Å². The Morgan fingerprint density at radius 1 is 1.56 bits per heavy atom. The van der Waals surface area contributed by atoms with E-state index in [0.29, 0.717) is 19.0 Å². The van der Waals surface area contributed by atoms with Gasteiger partial charge in [0.15, 0.2) is 0 Å². The molecule has 0 radical (unpaired) electrons. The van der Waals surface area contributed by atoms with Crippen molar-refractivity contribution in [1.82, 2.24) is 10.2 Å². The van der Waals surface area contributed by atoms with Gasteiger partial charge in [-0.3, -0.25) is 4.79 Å². The SMILES string of the molecule is CN(C(=O)[C@H]1C[C@H](F)CN1)C1CCSC1.Cl. The van der Waals surface area contributed by atoms with Crippen molar-refractivity contribution in [2.75, 3.05) is 25.1 Å². The molecule has 0 bridgehead atoms. The molecule has 0 aromatic carbocycles. The third kappa shape index (κ3) is 3.02. The van der Waals surface area contributed by atoms with E-state index >= 15 is 0 Å². The first-order valence-corrected chi connectivity index (χ1v) is 6.56. The summed E-state index contributed by atoms with van der Waals surface area (Å²) in [4.78, 5) is 13.8. The van der Waals surface area contributed by atoms with Gasteiger partial charge in [0.25, 0.3) is 0 Å². The molecule has 1 N–H and O–H groups in total. The van der Waals surface area contributed by atoms with Crippen LogP contribution in [0.5, 0.6) is 0 Å². The molecular weight excluding hydrogens is 251 g/mol. The van der Waals surface area contributed by atoms with E-state index in [1.165, 1.54) is 0 Å². The van der Waals surface area contributed by atoms with E-state index in [9.17, 15) is 9.18 Å². The van der Waals surface area contributed by atoms with Gasteiger partial charge in [-0.1, -0.05) is 0 Å². The molecule has 0 aliphatic carbocycles. The van der Waals surface area contributed by atoms with Gasteiger partial charge in [-0.15, -0.1) is 12.4 Å². The number of carbonyl (C=O) groups excluding carboxylic acids is 1. The Balaban J connectivity index is 0.00000128. The number of hydrogen-bond acceptors (Lipinski definition) is 3. The van der Waals surface area contributed by atoms with Crippen molar-refractivity contribution in [3.8, 4) is 0 Å². The summed E-state index contributed by atoms with van der Waals surface area (Å²) in [6.45, 7) is 0.323. The largest absolute Gasteiger partial charge is 0.341 e. The Kier molecular flexibility index (Phi) is 5.34. The van der Waals surface area contributed by atoms with Crippen molar-refractivity contribution >= 4 is 30.1 Å². The highest BCUT2D eigenvalue weighted by atomic mass is 35.5. The van der Waals surface area contributed by atoms with Gasteiger partial charge in [-0.05, 0) is 12.2 Å². The van der Waals surface area contributed by atoms with E-state index in [2.05, 4.69) is 5.32 Å². The van der Waals surface area contributed by atoms with Crippen LogP contribution in [0, 0.1) is 0 Å². The summed E-state index contributed by atoms with van der Waals surface area (Å²) in [5.74, 6) is 2.21. The van der Waals surface area contributed by atoms with E-state index in [0.717, 1.165) is 17.9 Å². The van der Waals surface area contributed by atoms with E-state index in [-0.39, 0.29) is 24.4 Å². The lowest BCUT2D eigenvalue weighted by Gasteiger charge is -2.26. The molecule has 3 nitrogen and oxygen atoms in total. The molecule has 2 rings (SSSR count). The molecule has 2 aliphatic rings. The first-order valence-electron chi connectivity index (χ1n) is 5.40. The van der Waals surface area contributed by atoms with Crippen molar-refractivity contribution in [3.63, 3.8) is 0 Å². The van der Waals surface area contributed by atoms with E-state index in [1.54, 1.807) is 4.90 Å². The fraction of sp³-hybridized carbons (Fsp3) is 0.900. The standard InChI is InChI=1S/C10H17FN2OS.ClH/c1-13(8-2-3-15-6-8)10(14)9-4-7(11)5-12-9;/h7-9,12H,2-6H2,1H3;1H/t7-,8?,9+;/m0./s1. The zero-order valence-electron chi connectivity index (χ0n) is 9.32. The lowest BCUT2D eigenvalue weighted by Crippen LogP contribution is -2.46. The Labute approximate surface area is 106 Å². The molecule has 0 aromatic rings. The smallest absolute Gasteiger partial charge is 0.239 e. The average molecular weight is 269 g/mol. The van der Waals surface area contributed by atoms with Gasteiger partial charge in [0, 0.05) is 31.8 Å². The van der Waals surface area contributed by atoms with Crippen molar-refractivity contribution in [3.05, 3.63) is 0 Å². The third-order valence-corrected chi connectivity index (χ3v) is 4.32. The van der Waals surface area contributed by atoms with Crippen LogP contribution in [0.1, 0.15) is 12.8 Å². The molecule has 0 aromatic heterocycles. The monoisotopic (exact) mass is 268 g/mol. The predicted octanol–water partition coefficient (Wildman–Crippen LogP) is 1.07. The normalized spacial score (nSPS) is 33.5. The molecule has 94 valence electrons. The van der Waals surface area contributed by atoms with Gasteiger partial charge in [0.05, 0.1) is 6.04 Å². The first kappa shape index (κ1) is 14.1. The molecular formula is C10H18ClFN2OS. The van der Waals surface area contributed by atoms with Gasteiger partial charge in [0.1, 0.15) is 6.17 Å². The summed E-state index contributed by atoms with van der Waals surface area (Å²) < 4.78 is 12.9. The molecule has 0 spiro atoms. The van der Waals surface area contributed by atoms with Crippen molar-refractivity contribution in [1.29, 1.82) is 0 Å². The highest BCUT2D eigenvalue weighted by molar-refractivity contribution is 7.99. The van der Waals surface area contributed by atoms with Crippen molar-refractivity contribution in [2.45, 2.75) is 31.1 Å². The number of likely N-dealkylation sites (N-methyl/N-ethyl adjacent to an activating group) is 1. The maximum Gasteiger partial charge on any atom is 0.239 e. The molecule has 1 amide bonds. The quantitative estimate of drug-likeness (QED) is 0.813. The zero-order valence-corrected chi connectivity index (χ0v) is 11.0. The third-order valence-electron chi connectivity index (χ3n) is 3.18. The lowest BCUT2D eigenvalue weighted by atomic mass is 10.1. The maximum absolute atomic E-state index is 12.9. The molecule has 0 saturated carbocycles. The van der Waals surface area contributed by atoms with Gasteiger partial charge >= 0.3 is 0 Å². The van der Waals surface area contributed by atoms with Crippen LogP contribution >= 0.6 is 24.2 Å². The fourth-order valence-corrected chi connectivity index (χ4v) is 3.40. The molecule has 16 heavy (non-hydrogen) atoms. The number of thioether (sulfide) groups is 1. The number of alkyl halides is 1. The van der Waals surface area contributed by atoms with E-state index < -0.39 is 6.17 Å². The van der Waals surface area contributed by atoms with Crippen LogP contribution in [0.4, 0.5) is 4.39 Å². The van der Waals surface area contributed by atoms with Gasteiger partial charge in [-0.2, -0.15) is 11.8 Å². The molecule has 6 heteroatoms. The van der Waals surface area contributed by atoms with E-state index in [4.69, 9.17) is 0 Å². The van der Waals surface area contributed by atoms with Crippen LogP contribution in [0.2, 0.25) is 0 Å². The van der Waals surface area contributed by atoms with Crippen LogP contribution in [-0.2, 0) is 4.79 Å². The Morgan fingerprint density at radius 2 is 2.31 bits per heavy atom. The second-order valence-electron chi connectivity index (χ2n) is 4.26. The Bertz CT molecular complexity index is 251. The second kappa shape index (κ2) is 6.07. The summed E-state index contributed by atoms with van der Waals surface area (Å²) in [6.07, 6.45) is 0.548. The predicted molar refractivity (Wildman–Crippen MR) is 67.1 cm³/mol. The van der Waals surface area contributed by atoms with Crippen LogP contribution in [0.3, 0.4) is 0 Å². The second-order valence-corrected chi connectivity index (χ2v) is 5.41. The van der Waals surface area contributed by atoms with Crippen LogP contribution < -0.4 is 5.32 Å². The van der Waals surface area contributed by atoms with Crippen molar-refractivity contribution < 1.29 is 9.18 Å². The van der Waals surface area contributed by atoms with Gasteiger partial charge < -0.3 is 10.2 Å². The number of amides is 1. The fourth-order valence-electron chi connectivity index (χ4n) is 2.13. The average Bonchev–Trinajstić information content (AvgIpc) is 2.85. The molecule has 2 saturated heterocycles. The summed E-state index contributed by atoms with van der Waals surface area (Å²) in [6, 6.07) is 0.0542. The summed E-state index contributed by atoms with van der Waals surface area (Å²) in [7, 11) is 1.84. The molecule has 2 aliphatic heterocycles. The minimum absolute atomic E-state index is 0. The highest BCUT2D eigenvalue weighted by Crippen LogP contribution is 2.23. The number of rotatable bonds is 2. The number of halogens is 2. The summed E-state index contributed by atoms with van der Waals surface area (Å²) in [5, 5.41) is 2.94. The van der Waals surface area contributed by atoms with Crippen LogP contribution in [0.25, 0.3) is 0 Å². The lowest BCUT2D eigenvalue weighted by molar-refractivity contribution is -0.133. The molecule has 2 heterocycles. The topological polar surface area (TPSA) is 32.3 Å². The minimum Gasteiger partial charge on any atom is -0.341 e. The number of hydrogen-bond donors (Lipinski definition) is 1. The Hall–Kier alpha value is -0.000000000000000167. The first-order chi connectivity index (χ1) is 7.18. The molecule has 3 atom stereocenters. The summed E-state index contributed by atoms with van der Waals surface area (Å²) >= 11 is 1.88. The van der Waals surface area contributed by atoms with Crippen molar-refractivity contribution in [2.24, 2.45) is 0 Å². The Morgan fingerprint density at radius 3 is 2.81 bits per heavy atom. The number of nitrogens with zero attached hydrogens (tertiary/aromatic N) is 1. The molecule has 1 unspecified atom stereocenters.